The Labute approximate surface area is 94.7 Å². The Bertz CT molecular complexity index is 293. The largest absolute Gasteiger partial charge is 0.0654 e. The summed E-state index contributed by atoms with van der Waals surface area (Å²) in [6.45, 7) is 9.05. The summed E-state index contributed by atoms with van der Waals surface area (Å²) in [6.07, 6.45) is 5.24. The fourth-order valence-corrected chi connectivity index (χ4v) is 2.37. The highest BCUT2D eigenvalue weighted by Gasteiger charge is 2.12. The molecule has 0 aliphatic rings. The molecule has 0 atom stereocenters. The van der Waals surface area contributed by atoms with Crippen LogP contribution in [-0.2, 0) is 0 Å². The van der Waals surface area contributed by atoms with Crippen LogP contribution in [0.15, 0.2) is 18.2 Å². The maximum Gasteiger partial charge on any atom is -0.0159 e. The second kappa shape index (κ2) is 5.95. The molecule has 1 aromatic carbocycles. The average Bonchev–Trinajstić information content (AvgIpc) is 2.22. The first-order valence-corrected chi connectivity index (χ1v) is 6.26. The Balaban J connectivity index is 2.94. The minimum Gasteiger partial charge on any atom is -0.0654 e. The Morgan fingerprint density at radius 3 is 2.13 bits per heavy atom. The molecule has 1 aromatic rings. The van der Waals surface area contributed by atoms with E-state index in [1.54, 1.807) is 5.56 Å². The van der Waals surface area contributed by atoms with Gasteiger partial charge in [0.15, 0.2) is 0 Å². The van der Waals surface area contributed by atoms with Gasteiger partial charge in [-0.2, -0.15) is 0 Å². The first kappa shape index (κ1) is 12.3. The molecule has 0 bridgehead atoms. The van der Waals surface area contributed by atoms with Crippen LogP contribution in [-0.4, -0.2) is 0 Å². The van der Waals surface area contributed by atoms with E-state index in [9.17, 15) is 0 Å². The Morgan fingerprint density at radius 2 is 1.60 bits per heavy atom. The summed E-state index contributed by atoms with van der Waals surface area (Å²) in [6, 6.07) is 6.74. The van der Waals surface area contributed by atoms with Crippen molar-refractivity contribution in [3.8, 4) is 0 Å². The van der Waals surface area contributed by atoms with Crippen molar-refractivity contribution in [1.82, 2.24) is 0 Å². The van der Waals surface area contributed by atoms with Crippen molar-refractivity contribution < 1.29 is 0 Å². The standard InChI is InChI=1S/C15H24/c1-5-8-14(9-6-2)15-11-7-10-12(3)13(15)4/h7,10-11,14H,5-6,8-9H2,1-4H3. The van der Waals surface area contributed by atoms with Gasteiger partial charge in [-0.25, -0.2) is 0 Å². The van der Waals surface area contributed by atoms with Gasteiger partial charge in [0.05, 0.1) is 0 Å². The summed E-state index contributed by atoms with van der Waals surface area (Å²) in [4.78, 5) is 0. The summed E-state index contributed by atoms with van der Waals surface area (Å²) < 4.78 is 0. The Kier molecular flexibility index (Phi) is 4.87. The fourth-order valence-electron chi connectivity index (χ4n) is 2.37. The van der Waals surface area contributed by atoms with Crippen LogP contribution in [0.25, 0.3) is 0 Å². The van der Waals surface area contributed by atoms with Crippen LogP contribution >= 0.6 is 0 Å². The summed E-state index contributed by atoms with van der Waals surface area (Å²) in [5.74, 6) is 0.778. The molecular weight excluding hydrogens is 180 g/mol. The zero-order valence-electron chi connectivity index (χ0n) is 10.6. The maximum atomic E-state index is 2.32. The van der Waals surface area contributed by atoms with Crippen LogP contribution in [0.4, 0.5) is 0 Å². The lowest BCUT2D eigenvalue weighted by Crippen LogP contribution is -2.02. The zero-order chi connectivity index (χ0) is 11.3. The van der Waals surface area contributed by atoms with Crippen molar-refractivity contribution in [3.63, 3.8) is 0 Å². The van der Waals surface area contributed by atoms with E-state index in [4.69, 9.17) is 0 Å². The predicted octanol–water partition coefficient (Wildman–Crippen LogP) is 4.99. The molecule has 0 saturated carbocycles. The van der Waals surface area contributed by atoms with E-state index in [2.05, 4.69) is 45.9 Å². The van der Waals surface area contributed by atoms with E-state index in [0.717, 1.165) is 5.92 Å². The maximum absolute atomic E-state index is 2.32. The van der Waals surface area contributed by atoms with Gasteiger partial charge in [0, 0.05) is 0 Å². The van der Waals surface area contributed by atoms with Gasteiger partial charge < -0.3 is 0 Å². The Hall–Kier alpha value is -0.780. The highest BCUT2D eigenvalue weighted by molar-refractivity contribution is 5.35. The summed E-state index contributed by atoms with van der Waals surface area (Å²) in [5, 5.41) is 0. The first-order chi connectivity index (χ1) is 7.20. The minimum atomic E-state index is 0.778. The molecule has 84 valence electrons. The third kappa shape index (κ3) is 3.09. The molecule has 0 radical (unpaired) electrons. The van der Waals surface area contributed by atoms with Gasteiger partial charge in [-0.15, -0.1) is 0 Å². The zero-order valence-corrected chi connectivity index (χ0v) is 10.6. The quantitative estimate of drug-likeness (QED) is 0.634. The molecule has 0 amide bonds. The normalized spacial score (nSPS) is 11.0. The van der Waals surface area contributed by atoms with Crippen molar-refractivity contribution in [3.05, 3.63) is 34.9 Å². The smallest absolute Gasteiger partial charge is 0.0159 e. The molecular formula is C15H24. The first-order valence-electron chi connectivity index (χ1n) is 6.26. The van der Waals surface area contributed by atoms with E-state index >= 15 is 0 Å². The van der Waals surface area contributed by atoms with E-state index in [1.165, 1.54) is 36.8 Å². The summed E-state index contributed by atoms with van der Waals surface area (Å²) >= 11 is 0. The van der Waals surface area contributed by atoms with Crippen LogP contribution in [0.3, 0.4) is 0 Å². The third-order valence-electron chi connectivity index (χ3n) is 3.36. The summed E-state index contributed by atoms with van der Waals surface area (Å²) in [5.41, 5.74) is 4.52. The van der Waals surface area contributed by atoms with Gasteiger partial charge in [-0.3, -0.25) is 0 Å². The van der Waals surface area contributed by atoms with Crippen LogP contribution in [0, 0.1) is 13.8 Å². The third-order valence-corrected chi connectivity index (χ3v) is 3.36. The molecule has 15 heavy (non-hydrogen) atoms. The predicted molar refractivity (Wildman–Crippen MR) is 68.5 cm³/mol. The van der Waals surface area contributed by atoms with Crippen molar-refractivity contribution in [2.45, 2.75) is 59.3 Å². The van der Waals surface area contributed by atoms with Crippen LogP contribution in [0.2, 0.25) is 0 Å². The lowest BCUT2D eigenvalue weighted by molar-refractivity contribution is 0.558. The molecule has 0 aliphatic carbocycles. The van der Waals surface area contributed by atoms with Gasteiger partial charge in [-0.1, -0.05) is 44.9 Å². The lowest BCUT2D eigenvalue weighted by Gasteiger charge is -2.19. The highest BCUT2D eigenvalue weighted by Crippen LogP contribution is 2.29. The van der Waals surface area contributed by atoms with Crippen molar-refractivity contribution in [2.75, 3.05) is 0 Å². The number of aryl methyl sites for hydroxylation is 1. The van der Waals surface area contributed by atoms with E-state index < -0.39 is 0 Å². The molecule has 0 nitrogen and oxygen atoms in total. The molecule has 1 rings (SSSR count). The lowest BCUT2D eigenvalue weighted by atomic mass is 9.86. The molecule has 0 spiro atoms. The van der Waals surface area contributed by atoms with E-state index in [1.807, 2.05) is 0 Å². The second-order valence-electron chi connectivity index (χ2n) is 4.56. The van der Waals surface area contributed by atoms with Crippen molar-refractivity contribution in [1.29, 1.82) is 0 Å². The van der Waals surface area contributed by atoms with Crippen molar-refractivity contribution in [2.24, 2.45) is 0 Å². The Morgan fingerprint density at radius 1 is 1.00 bits per heavy atom. The van der Waals surface area contributed by atoms with Gasteiger partial charge in [-0.05, 0) is 49.3 Å². The van der Waals surface area contributed by atoms with E-state index in [-0.39, 0.29) is 0 Å². The molecule has 0 aliphatic heterocycles. The molecule has 0 heterocycles. The van der Waals surface area contributed by atoms with Crippen molar-refractivity contribution >= 4 is 0 Å². The summed E-state index contributed by atoms with van der Waals surface area (Å²) in [7, 11) is 0. The monoisotopic (exact) mass is 204 g/mol. The molecule has 0 heteroatoms. The number of benzene rings is 1. The van der Waals surface area contributed by atoms with Crippen LogP contribution < -0.4 is 0 Å². The molecule has 0 aromatic heterocycles. The van der Waals surface area contributed by atoms with Gasteiger partial charge in [0.25, 0.3) is 0 Å². The van der Waals surface area contributed by atoms with Gasteiger partial charge >= 0.3 is 0 Å². The second-order valence-corrected chi connectivity index (χ2v) is 4.56. The molecule has 0 fully saturated rings. The number of rotatable bonds is 5. The number of hydrogen-bond acceptors (Lipinski definition) is 0. The van der Waals surface area contributed by atoms with Gasteiger partial charge in [0.2, 0.25) is 0 Å². The SMILES string of the molecule is CCCC(CCC)c1cccc(C)c1C. The van der Waals surface area contributed by atoms with Crippen LogP contribution in [0.5, 0.6) is 0 Å². The van der Waals surface area contributed by atoms with E-state index in [0.29, 0.717) is 0 Å². The topological polar surface area (TPSA) is 0 Å². The van der Waals surface area contributed by atoms with Crippen LogP contribution in [0.1, 0.15) is 62.1 Å². The average molecular weight is 204 g/mol. The number of hydrogen-bond donors (Lipinski definition) is 0. The molecule has 0 N–H and O–H groups in total. The van der Waals surface area contributed by atoms with Gasteiger partial charge in [0.1, 0.15) is 0 Å². The highest BCUT2D eigenvalue weighted by atomic mass is 14.2. The molecule has 0 saturated heterocycles. The fraction of sp³-hybridized carbons (Fsp3) is 0.600. The molecule has 0 unspecified atom stereocenters. The minimum absolute atomic E-state index is 0.778.